The number of carbonyl (C=O) groups is 1. The zero-order valence-electron chi connectivity index (χ0n) is 5.16. The fraction of sp³-hybridized carbons (Fsp3) is 0.500. The van der Waals surface area contributed by atoms with E-state index >= 15 is 0 Å². The Hall–Kier alpha value is -0.370. The van der Waals surface area contributed by atoms with Gasteiger partial charge in [0.15, 0.2) is 5.83 Å². The van der Waals surface area contributed by atoms with Gasteiger partial charge in [-0.15, -0.1) is 0 Å². The van der Waals surface area contributed by atoms with Gasteiger partial charge in [0.2, 0.25) is 0 Å². The second-order valence-corrected chi connectivity index (χ2v) is 1.96. The average Bonchev–Trinajstić information content (AvgIpc) is 1.82. The van der Waals surface area contributed by atoms with Crippen LogP contribution in [0.25, 0.3) is 0 Å². The molecule has 0 saturated heterocycles. The first kappa shape index (κ1) is 8.63. The Morgan fingerprint density at radius 1 is 1.78 bits per heavy atom. The van der Waals surface area contributed by atoms with Gasteiger partial charge in [-0.25, -0.2) is 4.39 Å². The molecular weight excluding hydrogens is 143 g/mol. The lowest BCUT2D eigenvalue weighted by atomic mass is 10.3. The standard InChI is InChI=1S/C6H8ClFO/c1-2-3-4-5(8)6(7)9/h4H,2-3H2,1H3. The number of allylic oxidation sites excluding steroid dienone is 2. The van der Waals surface area contributed by atoms with Gasteiger partial charge >= 0.3 is 0 Å². The topological polar surface area (TPSA) is 17.1 Å². The first-order chi connectivity index (χ1) is 4.18. The van der Waals surface area contributed by atoms with Gasteiger partial charge in [0.1, 0.15) is 0 Å². The van der Waals surface area contributed by atoms with Gasteiger partial charge in [0.05, 0.1) is 0 Å². The van der Waals surface area contributed by atoms with E-state index in [4.69, 9.17) is 11.6 Å². The minimum Gasteiger partial charge on any atom is -0.273 e. The molecule has 0 N–H and O–H groups in total. The molecule has 0 amide bonds. The lowest BCUT2D eigenvalue weighted by molar-refractivity contribution is -0.109. The molecule has 0 atom stereocenters. The summed E-state index contributed by atoms with van der Waals surface area (Å²) in [6.45, 7) is 1.89. The number of unbranched alkanes of at least 4 members (excludes halogenated alkanes) is 1. The second kappa shape index (κ2) is 4.50. The van der Waals surface area contributed by atoms with Crippen LogP contribution in [0.2, 0.25) is 0 Å². The third-order valence-corrected chi connectivity index (χ3v) is 0.981. The molecule has 3 heteroatoms. The summed E-state index contributed by atoms with van der Waals surface area (Å²) in [5.74, 6) is -0.849. The highest BCUT2D eigenvalue weighted by Gasteiger charge is 2.00. The minimum absolute atomic E-state index is 0.560. The highest BCUT2D eigenvalue weighted by Crippen LogP contribution is 2.03. The molecule has 0 aliphatic carbocycles. The van der Waals surface area contributed by atoms with E-state index in [1.54, 1.807) is 0 Å². The van der Waals surface area contributed by atoms with Crippen LogP contribution in [0.5, 0.6) is 0 Å². The molecule has 0 saturated carbocycles. The first-order valence-electron chi connectivity index (χ1n) is 2.74. The third-order valence-electron chi connectivity index (χ3n) is 0.800. The van der Waals surface area contributed by atoms with Crippen molar-refractivity contribution in [2.75, 3.05) is 0 Å². The lowest BCUT2D eigenvalue weighted by Crippen LogP contribution is -1.84. The molecule has 0 aliphatic heterocycles. The van der Waals surface area contributed by atoms with Crippen LogP contribution in [-0.2, 0) is 4.79 Å². The fourth-order valence-electron chi connectivity index (χ4n) is 0.351. The summed E-state index contributed by atoms with van der Waals surface area (Å²) in [5, 5.41) is -1.01. The Bertz CT molecular complexity index is 131. The van der Waals surface area contributed by atoms with Crippen LogP contribution in [0.1, 0.15) is 19.8 Å². The molecule has 0 unspecified atom stereocenters. The summed E-state index contributed by atoms with van der Waals surface area (Å²) in [7, 11) is 0. The van der Waals surface area contributed by atoms with Crippen LogP contribution < -0.4 is 0 Å². The van der Waals surface area contributed by atoms with E-state index in [1.165, 1.54) is 6.08 Å². The maximum absolute atomic E-state index is 12.1. The molecule has 0 radical (unpaired) electrons. The summed E-state index contributed by atoms with van der Waals surface area (Å²) in [5.41, 5.74) is 0. The zero-order chi connectivity index (χ0) is 7.28. The summed E-state index contributed by atoms with van der Waals surface area (Å²) >= 11 is 4.78. The maximum Gasteiger partial charge on any atom is 0.280 e. The smallest absolute Gasteiger partial charge is 0.273 e. The number of carbonyl (C=O) groups excluding carboxylic acids is 1. The van der Waals surface area contributed by atoms with E-state index in [-0.39, 0.29) is 0 Å². The molecule has 0 aromatic carbocycles. The van der Waals surface area contributed by atoms with Crippen molar-refractivity contribution in [1.29, 1.82) is 0 Å². The van der Waals surface area contributed by atoms with Gasteiger partial charge < -0.3 is 0 Å². The van der Waals surface area contributed by atoms with E-state index in [0.717, 1.165) is 6.42 Å². The summed E-state index contributed by atoms with van der Waals surface area (Å²) in [4.78, 5) is 9.97. The molecule has 0 rings (SSSR count). The highest BCUT2D eigenvalue weighted by atomic mass is 35.5. The van der Waals surface area contributed by atoms with Gasteiger partial charge in [-0.3, -0.25) is 4.79 Å². The summed E-state index contributed by atoms with van der Waals surface area (Å²) in [6.07, 6.45) is 2.57. The Morgan fingerprint density at radius 3 is 2.67 bits per heavy atom. The van der Waals surface area contributed by atoms with Crippen molar-refractivity contribution < 1.29 is 9.18 Å². The van der Waals surface area contributed by atoms with Crippen molar-refractivity contribution in [2.45, 2.75) is 19.8 Å². The van der Waals surface area contributed by atoms with E-state index in [1.807, 2.05) is 6.92 Å². The van der Waals surface area contributed by atoms with Crippen molar-refractivity contribution in [3.05, 3.63) is 11.9 Å². The molecular formula is C6H8ClFO. The van der Waals surface area contributed by atoms with Crippen LogP contribution in [0.3, 0.4) is 0 Å². The first-order valence-corrected chi connectivity index (χ1v) is 3.11. The Morgan fingerprint density at radius 2 is 2.33 bits per heavy atom. The largest absolute Gasteiger partial charge is 0.280 e. The van der Waals surface area contributed by atoms with Crippen LogP contribution in [0, 0.1) is 0 Å². The minimum atomic E-state index is -1.01. The van der Waals surface area contributed by atoms with Gasteiger partial charge in [0.25, 0.3) is 5.24 Å². The molecule has 0 fully saturated rings. The highest BCUT2D eigenvalue weighted by molar-refractivity contribution is 6.67. The SMILES string of the molecule is CCCC=C(F)C(=O)Cl. The van der Waals surface area contributed by atoms with Crippen LogP contribution in [0.15, 0.2) is 11.9 Å². The predicted molar refractivity (Wildman–Crippen MR) is 35.0 cm³/mol. The van der Waals surface area contributed by atoms with E-state index in [0.29, 0.717) is 6.42 Å². The zero-order valence-corrected chi connectivity index (χ0v) is 5.91. The van der Waals surface area contributed by atoms with Crippen LogP contribution >= 0.6 is 11.6 Å². The van der Waals surface area contributed by atoms with Gasteiger partial charge in [-0.2, -0.15) is 0 Å². The van der Waals surface area contributed by atoms with Crippen LogP contribution in [0.4, 0.5) is 4.39 Å². The third kappa shape index (κ3) is 4.15. The van der Waals surface area contributed by atoms with Crippen molar-refractivity contribution in [3.8, 4) is 0 Å². The number of rotatable bonds is 3. The quantitative estimate of drug-likeness (QED) is 0.446. The van der Waals surface area contributed by atoms with Crippen molar-refractivity contribution in [3.63, 3.8) is 0 Å². The monoisotopic (exact) mass is 150 g/mol. The van der Waals surface area contributed by atoms with Crippen LogP contribution in [-0.4, -0.2) is 5.24 Å². The van der Waals surface area contributed by atoms with Gasteiger partial charge in [-0.05, 0) is 24.1 Å². The van der Waals surface area contributed by atoms with Gasteiger partial charge in [0, 0.05) is 0 Å². The summed E-state index contributed by atoms with van der Waals surface area (Å²) < 4.78 is 12.1. The number of hydrogen-bond acceptors (Lipinski definition) is 1. The van der Waals surface area contributed by atoms with Gasteiger partial charge in [-0.1, -0.05) is 13.3 Å². The Kier molecular flexibility index (Phi) is 4.32. The van der Waals surface area contributed by atoms with Crippen molar-refractivity contribution >= 4 is 16.8 Å². The van der Waals surface area contributed by atoms with Crippen molar-refractivity contribution in [1.82, 2.24) is 0 Å². The maximum atomic E-state index is 12.1. The molecule has 0 aliphatic rings. The number of halogens is 2. The second-order valence-electron chi connectivity index (χ2n) is 1.61. The number of hydrogen-bond donors (Lipinski definition) is 0. The lowest BCUT2D eigenvalue weighted by Gasteiger charge is -1.85. The molecule has 0 bridgehead atoms. The molecule has 0 heterocycles. The fourth-order valence-corrected chi connectivity index (χ4v) is 0.428. The summed E-state index contributed by atoms with van der Waals surface area (Å²) in [6, 6.07) is 0. The Labute approximate surface area is 58.5 Å². The Balaban J connectivity index is 3.69. The molecule has 9 heavy (non-hydrogen) atoms. The predicted octanol–water partition coefficient (Wildman–Crippen LogP) is 2.41. The molecule has 0 aromatic rings. The average molecular weight is 151 g/mol. The van der Waals surface area contributed by atoms with E-state index in [2.05, 4.69) is 0 Å². The van der Waals surface area contributed by atoms with Crippen molar-refractivity contribution in [2.24, 2.45) is 0 Å². The normalized spacial score (nSPS) is 11.7. The van der Waals surface area contributed by atoms with E-state index in [9.17, 15) is 9.18 Å². The molecule has 0 aromatic heterocycles. The molecule has 52 valence electrons. The molecule has 0 spiro atoms. The molecule has 1 nitrogen and oxygen atoms in total. The van der Waals surface area contributed by atoms with E-state index < -0.39 is 11.1 Å².